The number of ether oxygens (including phenoxy) is 1. The molecule has 0 amide bonds. The molecule has 0 aromatic rings. The van der Waals surface area contributed by atoms with Crippen molar-refractivity contribution in [2.75, 3.05) is 0 Å². The summed E-state index contributed by atoms with van der Waals surface area (Å²) in [6.07, 6.45) is 39.1. The Morgan fingerprint density at radius 2 is 1.54 bits per heavy atom. The fourth-order valence-electron chi connectivity index (χ4n) is 11.1. The standard InChI is InChI=1S/C46H78O2/c1-8-9-10-11-12-13-14-15-16-17-18-19-20-21-22-23-44(47)48-39-30-32-45(6)38(34-39)26-27-40-42-29-28-41(46(42,7)33-31-43(40)45)37(5)25-24-36(4)35(2)3/h12-13,15-16,26,35-37,39-43H,8-11,14,17-25,27-34H2,1-7H3/b13-12-,16-15-/t36-,37+,39-,40-,41+,42-,43-,45-,46+/m0/s1. The van der Waals surface area contributed by atoms with E-state index >= 15 is 0 Å². The number of hydrogen-bond acceptors (Lipinski definition) is 2. The van der Waals surface area contributed by atoms with Crippen molar-refractivity contribution in [2.24, 2.45) is 52.3 Å². The van der Waals surface area contributed by atoms with Crippen LogP contribution in [0, 0.1) is 52.3 Å². The number of esters is 1. The quantitative estimate of drug-likeness (QED) is 0.0736. The summed E-state index contributed by atoms with van der Waals surface area (Å²) in [6, 6.07) is 0. The summed E-state index contributed by atoms with van der Waals surface area (Å²) in [5.74, 6) is 6.06. The average molecular weight is 663 g/mol. The molecular formula is C46H78O2. The molecule has 4 aliphatic carbocycles. The molecule has 3 fully saturated rings. The van der Waals surface area contributed by atoms with Crippen LogP contribution in [0.1, 0.15) is 190 Å². The third-order valence-electron chi connectivity index (χ3n) is 14.7. The molecule has 2 nitrogen and oxygen atoms in total. The second-order valence-electron chi connectivity index (χ2n) is 18.1. The van der Waals surface area contributed by atoms with Crippen LogP contribution in [0.25, 0.3) is 0 Å². The van der Waals surface area contributed by atoms with Crippen LogP contribution in [0.15, 0.2) is 36.0 Å². The molecule has 0 unspecified atom stereocenters. The molecule has 0 heterocycles. The molecule has 274 valence electrons. The van der Waals surface area contributed by atoms with Crippen LogP contribution in [0.3, 0.4) is 0 Å². The predicted molar refractivity (Wildman–Crippen MR) is 207 cm³/mol. The highest BCUT2D eigenvalue weighted by Crippen LogP contribution is 2.67. The van der Waals surface area contributed by atoms with Crippen LogP contribution >= 0.6 is 0 Å². The second-order valence-corrected chi connectivity index (χ2v) is 18.1. The summed E-state index contributed by atoms with van der Waals surface area (Å²) in [5.41, 5.74) is 2.50. The normalized spacial score (nSPS) is 33.0. The molecule has 0 saturated heterocycles. The van der Waals surface area contributed by atoms with Gasteiger partial charge in [0.05, 0.1) is 0 Å². The Morgan fingerprint density at radius 3 is 2.27 bits per heavy atom. The van der Waals surface area contributed by atoms with E-state index in [1.807, 2.05) is 0 Å². The van der Waals surface area contributed by atoms with Gasteiger partial charge in [0.25, 0.3) is 0 Å². The molecule has 2 heteroatoms. The first-order chi connectivity index (χ1) is 23.1. The van der Waals surface area contributed by atoms with E-state index in [1.165, 1.54) is 103 Å². The lowest BCUT2D eigenvalue weighted by atomic mass is 9.47. The van der Waals surface area contributed by atoms with Crippen LogP contribution in [0.5, 0.6) is 0 Å². The molecule has 0 spiro atoms. The molecule has 0 aliphatic heterocycles. The van der Waals surface area contributed by atoms with Gasteiger partial charge in [-0.15, -0.1) is 0 Å². The molecule has 48 heavy (non-hydrogen) atoms. The Bertz CT molecular complexity index is 1050. The van der Waals surface area contributed by atoms with Gasteiger partial charge in [-0.1, -0.05) is 129 Å². The number of hydrogen-bond donors (Lipinski definition) is 0. The molecule has 0 N–H and O–H groups in total. The largest absolute Gasteiger partial charge is 0.462 e. The first-order valence-electron chi connectivity index (χ1n) is 21.3. The van der Waals surface area contributed by atoms with Crippen LogP contribution in [0.4, 0.5) is 0 Å². The zero-order valence-electron chi connectivity index (χ0n) is 32.9. The third kappa shape index (κ3) is 10.4. The van der Waals surface area contributed by atoms with Gasteiger partial charge in [0.1, 0.15) is 6.10 Å². The Kier molecular flexibility index (Phi) is 15.9. The van der Waals surface area contributed by atoms with Gasteiger partial charge in [-0.25, -0.2) is 0 Å². The molecule has 4 rings (SSSR count). The summed E-state index contributed by atoms with van der Waals surface area (Å²) in [6.45, 7) is 17.4. The van der Waals surface area contributed by atoms with E-state index in [9.17, 15) is 4.79 Å². The number of allylic oxidation sites excluding steroid dienone is 5. The van der Waals surface area contributed by atoms with Crippen molar-refractivity contribution in [3.05, 3.63) is 36.0 Å². The molecule has 0 radical (unpaired) electrons. The maximum Gasteiger partial charge on any atom is 0.306 e. The maximum absolute atomic E-state index is 12.8. The number of carbonyl (C=O) groups excluding carboxylic acids is 1. The van der Waals surface area contributed by atoms with Gasteiger partial charge < -0.3 is 4.74 Å². The van der Waals surface area contributed by atoms with Crippen molar-refractivity contribution in [3.63, 3.8) is 0 Å². The van der Waals surface area contributed by atoms with E-state index in [2.05, 4.69) is 78.8 Å². The van der Waals surface area contributed by atoms with Gasteiger partial charge >= 0.3 is 5.97 Å². The van der Waals surface area contributed by atoms with E-state index in [1.54, 1.807) is 5.57 Å². The van der Waals surface area contributed by atoms with Gasteiger partial charge in [0.2, 0.25) is 0 Å². The van der Waals surface area contributed by atoms with Crippen molar-refractivity contribution < 1.29 is 9.53 Å². The SMILES string of the molecule is CCCCC/C=C\C/C=C\CCCCCCCC(=O)O[C@H]1CC[C@@]2(C)C(=CC[C@H]3[C@@H]4CC[C@H]([C@H](C)CC[C@H](C)C(C)C)[C@@]4(C)CC[C@@H]32)C1. The summed E-state index contributed by atoms with van der Waals surface area (Å²) >= 11 is 0. The highest BCUT2D eigenvalue weighted by Gasteiger charge is 2.59. The smallest absolute Gasteiger partial charge is 0.306 e. The molecule has 9 atom stereocenters. The highest BCUT2D eigenvalue weighted by molar-refractivity contribution is 5.69. The first-order valence-corrected chi connectivity index (χ1v) is 21.3. The van der Waals surface area contributed by atoms with Crippen LogP contribution in [-0.2, 0) is 9.53 Å². The molecule has 0 bridgehead atoms. The summed E-state index contributed by atoms with van der Waals surface area (Å²) in [4.78, 5) is 12.8. The summed E-state index contributed by atoms with van der Waals surface area (Å²) in [5, 5.41) is 0. The van der Waals surface area contributed by atoms with Gasteiger partial charge in [0, 0.05) is 12.8 Å². The topological polar surface area (TPSA) is 26.3 Å². The van der Waals surface area contributed by atoms with E-state index < -0.39 is 0 Å². The molecule has 3 saturated carbocycles. The number of rotatable bonds is 20. The van der Waals surface area contributed by atoms with Gasteiger partial charge in [-0.2, -0.15) is 0 Å². The highest BCUT2D eigenvalue weighted by atomic mass is 16.5. The third-order valence-corrected chi connectivity index (χ3v) is 14.7. The maximum atomic E-state index is 12.8. The van der Waals surface area contributed by atoms with E-state index in [-0.39, 0.29) is 12.1 Å². The van der Waals surface area contributed by atoms with E-state index in [4.69, 9.17) is 4.74 Å². The minimum absolute atomic E-state index is 0.0471. The Labute approximate surface area is 298 Å². The summed E-state index contributed by atoms with van der Waals surface area (Å²) < 4.78 is 6.13. The monoisotopic (exact) mass is 663 g/mol. The minimum Gasteiger partial charge on any atom is -0.462 e. The molecule has 0 aromatic heterocycles. The Morgan fingerprint density at radius 1 is 0.833 bits per heavy atom. The fourth-order valence-corrected chi connectivity index (χ4v) is 11.1. The van der Waals surface area contributed by atoms with Gasteiger partial charge in [-0.3, -0.25) is 4.79 Å². The fraction of sp³-hybridized carbons (Fsp3) is 0.848. The first kappa shape index (κ1) is 39.5. The Balaban J connectivity index is 1.14. The zero-order valence-corrected chi connectivity index (χ0v) is 32.9. The van der Waals surface area contributed by atoms with Gasteiger partial charge in [-0.05, 0) is 136 Å². The Hall–Kier alpha value is -1.31. The second kappa shape index (κ2) is 19.3. The number of fused-ring (bicyclic) bond motifs is 5. The van der Waals surface area contributed by atoms with Crippen LogP contribution in [-0.4, -0.2) is 12.1 Å². The average Bonchev–Trinajstić information content (AvgIpc) is 3.42. The van der Waals surface area contributed by atoms with Crippen molar-refractivity contribution in [1.29, 1.82) is 0 Å². The van der Waals surface area contributed by atoms with E-state index in [0.717, 1.165) is 73.5 Å². The zero-order chi connectivity index (χ0) is 34.6. The predicted octanol–water partition coefficient (Wildman–Crippen LogP) is 14.0. The van der Waals surface area contributed by atoms with Crippen molar-refractivity contribution in [3.8, 4) is 0 Å². The lowest BCUT2D eigenvalue weighted by Crippen LogP contribution is -2.51. The molecule has 0 aromatic carbocycles. The van der Waals surface area contributed by atoms with Crippen molar-refractivity contribution in [2.45, 2.75) is 196 Å². The lowest BCUT2D eigenvalue weighted by molar-refractivity contribution is -0.151. The molecular weight excluding hydrogens is 585 g/mol. The lowest BCUT2D eigenvalue weighted by Gasteiger charge is -2.58. The van der Waals surface area contributed by atoms with Crippen LogP contribution in [0.2, 0.25) is 0 Å². The van der Waals surface area contributed by atoms with Crippen LogP contribution < -0.4 is 0 Å². The van der Waals surface area contributed by atoms with Crippen molar-refractivity contribution in [1.82, 2.24) is 0 Å². The van der Waals surface area contributed by atoms with E-state index in [0.29, 0.717) is 17.3 Å². The van der Waals surface area contributed by atoms with Crippen molar-refractivity contribution >= 4 is 5.97 Å². The van der Waals surface area contributed by atoms with Gasteiger partial charge in [0.15, 0.2) is 0 Å². The number of carbonyl (C=O) groups is 1. The molecule has 4 aliphatic rings. The number of unbranched alkanes of at least 4 members (excludes halogenated alkanes) is 8. The summed E-state index contributed by atoms with van der Waals surface area (Å²) in [7, 11) is 0. The minimum atomic E-state index is 0.0471.